The highest BCUT2D eigenvalue weighted by Gasteiger charge is 2.35. The number of aromatic nitrogens is 4. The molecule has 2 aromatic heterocycles. The largest absolute Gasteiger partial charge is 0.432 e. The Morgan fingerprint density at radius 2 is 2.17 bits per heavy atom. The molecule has 0 aliphatic carbocycles. The lowest BCUT2D eigenvalue weighted by molar-refractivity contribution is -0.141. The number of H-pyrrole nitrogens is 2. The first kappa shape index (κ1) is 15.6. The summed E-state index contributed by atoms with van der Waals surface area (Å²) >= 11 is 0. The number of piperidine rings is 1. The van der Waals surface area contributed by atoms with Crippen molar-refractivity contribution in [1.82, 2.24) is 25.1 Å². The third-order valence-corrected chi connectivity index (χ3v) is 4.06. The van der Waals surface area contributed by atoms with Crippen LogP contribution in [0.25, 0.3) is 0 Å². The zero-order valence-corrected chi connectivity index (χ0v) is 12.4. The summed E-state index contributed by atoms with van der Waals surface area (Å²) in [5.41, 5.74) is 0.303. The van der Waals surface area contributed by atoms with Crippen molar-refractivity contribution >= 4 is 5.91 Å². The predicted octanol–water partition coefficient (Wildman–Crippen LogP) is 2.48. The molecule has 2 N–H and O–H groups in total. The monoisotopic (exact) mass is 327 g/mol. The molecule has 0 aromatic carbocycles. The number of aryl methyl sites for hydroxylation is 1. The smallest absolute Gasteiger partial charge is 0.338 e. The Morgan fingerprint density at radius 3 is 2.78 bits per heavy atom. The zero-order chi connectivity index (χ0) is 16.6. The SMILES string of the molecule is Cc1[nH]ncc1C(=O)N1CCCC(c2ncc(C(F)(F)F)[nH]2)C1. The van der Waals surface area contributed by atoms with Gasteiger partial charge in [0, 0.05) is 24.7 Å². The molecule has 124 valence electrons. The van der Waals surface area contributed by atoms with Crippen molar-refractivity contribution in [1.29, 1.82) is 0 Å². The van der Waals surface area contributed by atoms with Crippen LogP contribution in [-0.4, -0.2) is 44.1 Å². The van der Waals surface area contributed by atoms with Gasteiger partial charge in [0.05, 0.1) is 18.0 Å². The summed E-state index contributed by atoms with van der Waals surface area (Å²) in [6.45, 7) is 2.67. The minimum absolute atomic E-state index is 0.163. The Balaban J connectivity index is 1.75. The van der Waals surface area contributed by atoms with E-state index in [1.807, 2.05) is 0 Å². The number of hydrogen-bond donors (Lipinski definition) is 2. The second-order valence-corrected chi connectivity index (χ2v) is 5.68. The summed E-state index contributed by atoms with van der Waals surface area (Å²) in [5.74, 6) is -0.113. The first-order valence-electron chi connectivity index (χ1n) is 7.27. The molecule has 9 heteroatoms. The van der Waals surface area contributed by atoms with Crippen molar-refractivity contribution in [2.45, 2.75) is 31.9 Å². The molecular weight excluding hydrogens is 311 g/mol. The van der Waals surface area contributed by atoms with Gasteiger partial charge in [0.2, 0.25) is 0 Å². The van der Waals surface area contributed by atoms with Gasteiger partial charge < -0.3 is 9.88 Å². The summed E-state index contributed by atoms with van der Waals surface area (Å²) in [6, 6.07) is 0. The Kier molecular flexibility index (Phi) is 3.87. The molecule has 1 fully saturated rings. The van der Waals surface area contributed by atoms with Crippen LogP contribution in [0, 0.1) is 6.92 Å². The molecule has 3 heterocycles. The van der Waals surface area contributed by atoms with Crippen LogP contribution in [-0.2, 0) is 6.18 Å². The van der Waals surface area contributed by atoms with Crippen LogP contribution < -0.4 is 0 Å². The average Bonchev–Trinajstić information content (AvgIpc) is 3.15. The average molecular weight is 327 g/mol. The molecule has 1 amide bonds. The highest BCUT2D eigenvalue weighted by Crippen LogP contribution is 2.31. The molecule has 0 saturated carbocycles. The second kappa shape index (κ2) is 5.71. The highest BCUT2D eigenvalue weighted by molar-refractivity contribution is 5.95. The number of nitrogens with zero attached hydrogens (tertiary/aromatic N) is 3. The van der Waals surface area contributed by atoms with Gasteiger partial charge >= 0.3 is 6.18 Å². The number of rotatable bonds is 2. The summed E-state index contributed by atoms with van der Waals surface area (Å²) in [7, 11) is 0. The van der Waals surface area contributed by atoms with Crippen LogP contribution in [0.3, 0.4) is 0 Å². The third kappa shape index (κ3) is 3.08. The molecule has 1 unspecified atom stereocenters. The van der Waals surface area contributed by atoms with Gasteiger partial charge in [0.1, 0.15) is 11.5 Å². The van der Waals surface area contributed by atoms with E-state index in [0.717, 1.165) is 12.6 Å². The number of imidazole rings is 1. The lowest BCUT2D eigenvalue weighted by atomic mass is 9.97. The molecule has 0 bridgehead atoms. The van der Waals surface area contributed by atoms with Crippen LogP contribution in [0.4, 0.5) is 13.2 Å². The summed E-state index contributed by atoms with van der Waals surface area (Å²) in [6.07, 6.45) is -0.760. The number of amides is 1. The fourth-order valence-electron chi connectivity index (χ4n) is 2.81. The van der Waals surface area contributed by atoms with Gasteiger partial charge in [-0.3, -0.25) is 9.89 Å². The fraction of sp³-hybridized carbons (Fsp3) is 0.500. The number of likely N-dealkylation sites (tertiary alicyclic amines) is 1. The van der Waals surface area contributed by atoms with Gasteiger partial charge in [-0.15, -0.1) is 0 Å². The first-order valence-corrected chi connectivity index (χ1v) is 7.27. The Morgan fingerprint density at radius 1 is 1.39 bits per heavy atom. The Hall–Kier alpha value is -2.32. The van der Waals surface area contributed by atoms with Crippen molar-refractivity contribution in [3.05, 3.63) is 35.2 Å². The molecule has 0 spiro atoms. The zero-order valence-electron chi connectivity index (χ0n) is 12.4. The number of alkyl halides is 3. The van der Waals surface area contributed by atoms with Crippen molar-refractivity contribution in [3.63, 3.8) is 0 Å². The third-order valence-electron chi connectivity index (χ3n) is 4.06. The Labute approximate surface area is 130 Å². The van der Waals surface area contributed by atoms with Gasteiger partial charge in [-0.25, -0.2) is 4.98 Å². The van der Waals surface area contributed by atoms with E-state index >= 15 is 0 Å². The van der Waals surface area contributed by atoms with Crippen molar-refractivity contribution < 1.29 is 18.0 Å². The maximum absolute atomic E-state index is 12.7. The summed E-state index contributed by atoms with van der Waals surface area (Å²) in [4.78, 5) is 20.3. The summed E-state index contributed by atoms with van der Waals surface area (Å²) in [5, 5.41) is 6.54. The molecule has 1 saturated heterocycles. The topological polar surface area (TPSA) is 77.7 Å². The van der Waals surface area contributed by atoms with Crippen LogP contribution in [0.15, 0.2) is 12.4 Å². The first-order chi connectivity index (χ1) is 10.9. The number of aromatic amines is 2. The van der Waals surface area contributed by atoms with Crippen LogP contribution in [0.1, 0.15) is 46.3 Å². The van der Waals surface area contributed by atoms with Gasteiger partial charge in [-0.05, 0) is 19.8 Å². The summed E-state index contributed by atoms with van der Waals surface area (Å²) < 4.78 is 38.0. The number of nitrogens with one attached hydrogen (secondary N) is 2. The van der Waals surface area contributed by atoms with E-state index in [1.165, 1.54) is 6.20 Å². The number of carbonyl (C=O) groups excluding carboxylic acids is 1. The molecule has 1 atom stereocenters. The maximum atomic E-state index is 12.7. The van der Waals surface area contributed by atoms with Gasteiger partial charge in [0.15, 0.2) is 0 Å². The van der Waals surface area contributed by atoms with Crippen LogP contribution in [0.2, 0.25) is 0 Å². The van der Waals surface area contributed by atoms with Crippen LogP contribution in [0.5, 0.6) is 0 Å². The second-order valence-electron chi connectivity index (χ2n) is 5.68. The van der Waals surface area contributed by atoms with E-state index in [2.05, 4.69) is 20.2 Å². The number of hydrogen-bond acceptors (Lipinski definition) is 3. The molecule has 0 radical (unpaired) electrons. The van der Waals surface area contributed by atoms with Gasteiger partial charge in [0.25, 0.3) is 5.91 Å². The van der Waals surface area contributed by atoms with Crippen molar-refractivity contribution in [2.24, 2.45) is 0 Å². The van der Waals surface area contributed by atoms with E-state index in [9.17, 15) is 18.0 Å². The standard InChI is InChI=1S/C14H16F3N5O/c1-8-10(5-19-21-8)13(23)22-4-2-3-9(7-22)12-18-6-11(20-12)14(15,16)17/h5-6,9H,2-4,7H2,1H3,(H,18,20)(H,19,21). The normalized spacial score (nSPS) is 19.1. The Bertz CT molecular complexity index is 705. The maximum Gasteiger partial charge on any atom is 0.432 e. The van der Waals surface area contributed by atoms with Crippen LogP contribution >= 0.6 is 0 Å². The molecule has 23 heavy (non-hydrogen) atoms. The molecular formula is C14H16F3N5O. The number of halogens is 3. The lowest BCUT2D eigenvalue weighted by Gasteiger charge is -2.31. The van der Waals surface area contributed by atoms with Crippen molar-refractivity contribution in [3.8, 4) is 0 Å². The highest BCUT2D eigenvalue weighted by atomic mass is 19.4. The quantitative estimate of drug-likeness (QED) is 0.889. The van der Waals surface area contributed by atoms with E-state index < -0.39 is 11.9 Å². The van der Waals surface area contributed by atoms with E-state index in [-0.39, 0.29) is 17.6 Å². The molecule has 3 rings (SSSR count). The van der Waals surface area contributed by atoms with E-state index in [1.54, 1.807) is 11.8 Å². The van der Waals surface area contributed by atoms with Crippen molar-refractivity contribution in [2.75, 3.05) is 13.1 Å². The molecule has 2 aromatic rings. The van der Waals surface area contributed by atoms with Gasteiger partial charge in [-0.1, -0.05) is 0 Å². The lowest BCUT2D eigenvalue weighted by Crippen LogP contribution is -2.39. The fourth-order valence-corrected chi connectivity index (χ4v) is 2.81. The molecule has 1 aliphatic rings. The van der Waals surface area contributed by atoms with E-state index in [4.69, 9.17) is 0 Å². The van der Waals surface area contributed by atoms with E-state index in [0.29, 0.717) is 30.8 Å². The van der Waals surface area contributed by atoms with Gasteiger partial charge in [-0.2, -0.15) is 18.3 Å². The number of carbonyl (C=O) groups is 1. The molecule has 6 nitrogen and oxygen atoms in total. The molecule has 1 aliphatic heterocycles. The minimum atomic E-state index is -4.44. The predicted molar refractivity (Wildman–Crippen MR) is 74.8 cm³/mol. The minimum Gasteiger partial charge on any atom is -0.338 e.